The quantitative estimate of drug-likeness (QED) is 0.481. The summed E-state index contributed by atoms with van der Waals surface area (Å²) in [6.45, 7) is 14.4. The van der Waals surface area contributed by atoms with Crippen LogP contribution in [0, 0.1) is 48.9 Å². The summed E-state index contributed by atoms with van der Waals surface area (Å²) in [5.41, 5.74) is 0.101. The molecule has 1 rings (SSSR count). The second kappa shape index (κ2) is 14.3. The minimum absolute atomic E-state index is 0. The van der Waals surface area contributed by atoms with Gasteiger partial charge in [0.25, 0.3) is 0 Å². The summed E-state index contributed by atoms with van der Waals surface area (Å²) in [6.07, 6.45) is 7.38. The van der Waals surface area contributed by atoms with Crippen molar-refractivity contribution in [3.63, 3.8) is 0 Å². The summed E-state index contributed by atoms with van der Waals surface area (Å²) in [6, 6.07) is 0. The van der Waals surface area contributed by atoms with Crippen molar-refractivity contribution in [1.82, 2.24) is 4.90 Å². The van der Waals surface area contributed by atoms with Gasteiger partial charge in [0.2, 0.25) is 0 Å². The van der Waals surface area contributed by atoms with Crippen LogP contribution in [0.5, 0.6) is 0 Å². The molecule has 3 nitrogen and oxygen atoms in total. The van der Waals surface area contributed by atoms with Gasteiger partial charge in [-0.2, -0.15) is 0 Å². The average molecular weight is 451 g/mol. The van der Waals surface area contributed by atoms with E-state index in [1.165, 1.54) is 38.6 Å². The Morgan fingerprint density at radius 2 is 1.26 bits per heavy atom. The molecule has 0 aromatic rings. The average Bonchev–Trinajstić information content (AvgIpc) is 2.76. The van der Waals surface area contributed by atoms with E-state index in [0.717, 1.165) is 5.92 Å². The van der Waals surface area contributed by atoms with Crippen molar-refractivity contribution in [2.24, 2.45) is 5.92 Å². The van der Waals surface area contributed by atoms with Crippen molar-refractivity contribution in [3.8, 4) is 0 Å². The SMILES string of the molecule is CC(C)(C)[N-]C[N-]C(C)(C)C.CN(C)CCC1CCCC1.[CH3-].[La]. The normalized spacial score (nSPS) is 15.5. The van der Waals surface area contributed by atoms with Gasteiger partial charge in [0.15, 0.2) is 0 Å². The number of rotatable bonds is 5. The van der Waals surface area contributed by atoms with Gasteiger partial charge in [-0.3, -0.25) is 6.67 Å². The molecule has 0 amide bonds. The molecule has 0 saturated heterocycles. The van der Waals surface area contributed by atoms with Gasteiger partial charge < -0.3 is 23.0 Å². The predicted molar refractivity (Wildman–Crippen MR) is 103 cm³/mol. The van der Waals surface area contributed by atoms with Crippen LogP contribution in [0.3, 0.4) is 0 Å². The van der Waals surface area contributed by atoms with Crippen molar-refractivity contribution in [1.29, 1.82) is 0 Å². The first-order valence-corrected chi connectivity index (χ1v) is 8.52. The van der Waals surface area contributed by atoms with Crippen molar-refractivity contribution in [3.05, 3.63) is 18.1 Å². The smallest absolute Gasteiger partial charge is 0 e. The third kappa shape index (κ3) is 23.1. The van der Waals surface area contributed by atoms with Crippen molar-refractivity contribution < 1.29 is 35.6 Å². The van der Waals surface area contributed by atoms with E-state index in [4.69, 9.17) is 0 Å². The summed E-state index contributed by atoms with van der Waals surface area (Å²) in [5, 5.41) is 8.75. The van der Waals surface area contributed by atoms with E-state index in [1.807, 2.05) is 0 Å². The minimum atomic E-state index is 0. The molecule has 0 aromatic heterocycles. The van der Waals surface area contributed by atoms with Gasteiger partial charge in [-0.15, -0.1) is 11.1 Å². The molecule has 0 atom stereocenters. The summed E-state index contributed by atoms with van der Waals surface area (Å²) in [7, 11) is 4.32. The molecule has 1 saturated carbocycles. The molecule has 0 spiro atoms. The predicted octanol–water partition coefficient (Wildman–Crippen LogP) is 5.87. The van der Waals surface area contributed by atoms with Crippen molar-refractivity contribution in [2.45, 2.75) is 84.7 Å². The van der Waals surface area contributed by atoms with Crippen LogP contribution >= 0.6 is 0 Å². The van der Waals surface area contributed by atoms with Crippen LogP contribution in [-0.2, 0) is 0 Å². The summed E-state index contributed by atoms with van der Waals surface area (Å²) in [5.74, 6) is 1.06. The zero-order valence-electron chi connectivity index (χ0n) is 17.4. The number of nitrogens with zero attached hydrogens (tertiary/aromatic N) is 3. The molecule has 23 heavy (non-hydrogen) atoms. The largest absolute Gasteiger partial charge is 0.676 e. The van der Waals surface area contributed by atoms with E-state index < -0.39 is 0 Å². The molecule has 0 aliphatic heterocycles. The number of hydrogen-bond acceptors (Lipinski definition) is 1. The summed E-state index contributed by atoms with van der Waals surface area (Å²) >= 11 is 0. The van der Waals surface area contributed by atoms with Gasteiger partial charge in [0.05, 0.1) is 0 Å². The third-order valence-electron chi connectivity index (χ3n) is 3.55. The topological polar surface area (TPSA) is 31.4 Å². The Hall–Kier alpha value is 1.07. The molecule has 1 fully saturated rings. The van der Waals surface area contributed by atoms with E-state index in [1.54, 1.807) is 0 Å². The minimum Gasteiger partial charge on any atom is -0.676 e. The van der Waals surface area contributed by atoms with Crippen LogP contribution in [0.2, 0.25) is 0 Å². The Balaban J connectivity index is -0.000000321. The Bertz CT molecular complexity index is 234. The molecule has 1 aliphatic rings. The zero-order chi connectivity index (χ0) is 16.5. The van der Waals surface area contributed by atoms with Gasteiger partial charge in [-0.25, -0.2) is 0 Å². The van der Waals surface area contributed by atoms with Gasteiger partial charge in [-0.05, 0) is 33.0 Å². The van der Waals surface area contributed by atoms with Gasteiger partial charge in [0, 0.05) is 35.6 Å². The monoisotopic (exact) mass is 451 g/mol. The van der Waals surface area contributed by atoms with E-state index >= 15 is 0 Å². The van der Waals surface area contributed by atoms with Gasteiger partial charge in [0.1, 0.15) is 0 Å². The standard InChI is InChI=1S/C9H20N2.C9H19N.CH3.La/c1-8(2,3)10-7-11-9(4,5)6;1-10(2)8-7-9-5-3-4-6-9;;/h7H2,1-6H3;9H,3-8H2,1-2H3;1H3;/q-2;;-1;. The Kier molecular flexibility index (Phi) is 17.9. The molecule has 1 aliphatic carbocycles. The van der Waals surface area contributed by atoms with E-state index in [0.29, 0.717) is 6.67 Å². The van der Waals surface area contributed by atoms with Crippen LogP contribution in [0.4, 0.5) is 0 Å². The summed E-state index contributed by atoms with van der Waals surface area (Å²) < 4.78 is 0. The summed E-state index contributed by atoms with van der Waals surface area (Å²) in [4.78, 5) is 2.29. The first kappa shape index (κ1) is 28.9. The molecule has 0 aromatic carbocycles. The third-order valence-corrected chi connectivity index (χ3v) is 3.55. The molecular weight excluding hydrogens is 409 g/mol. The maximum absolute atomic E-state index is 4.38. The molecule has 0 bridgehead atoms. The van der Waals surface area contributed by atoms with Gasteiger partial charge >= 0.3 is 0 Å². The fourth-order valence-corrected chi connectivity index (χ4v) is 2.20. The Labute approximate surface area is 175 Å². The van der Waals surface area contributed by atoms with E-state index in [-0.39, 0.29) is 54.1 Å². The molecule has 0 unspecified atom stereocenters. The van der Waals surface area contributed by atoms with Crippen molar-refractivity contribution >= 4 is 0 Å². The fraction of sp³-hybridized carbons (Fsp3) is 0.947. The van der Waals surface area contributed by atoms with Crippen molar-refractivity contribution in [2.75, 3.05) is 27.3 Å². The maximum Gasteiger partial charge on any atom is 0 e. The number of hydrogen-bond donors (Lipinski definition) is 0. The molecule has 0 heterocycles. The zero-order valence-corrected chi connectivity index (χ0v) is 21.1. The molecule has 0 N–H and O–H groups in total. The molecule has 4 heteroatoms. The molecular formula is C19H42LaN3-3. The molecule has 139 valence electrons. The van der Waals surface area contributed by atoms with Crippen LogP contribution in [0.25, 0.3) is 10.6 Å². The van der Waals surface area contributed by atoms with E-state index in [2.05, 4.69) is 71.2 Å². The Morgan fingerprint density at radius 1 is 0.870 bits per heavy atom. The van der Waals surface area contributed by atoms with Crippen LogP contribution in [0.15, 0.2) is 0 Å². The van der Waals surface area contributed by atoms with E-state index in [9.17, 15) is 0 Å². The first-order chi connectivity index (χ1) is 9.49. The maximum atomic E-state index is 4.38. The van der Waals surface area contributed by atoms with Gasteiger partial charge in [-0.1, -0.05) is 67.2 Å². The fourth-order valence-electron chi connectivity index (χ4n) is 2.20. The van der Waals surface area contributed by atoms with Crippen LogP contribution < -0.4 is 0 Å². The van der Waals surface area contributed by atoms with Crippen LogP contribution in [0.1, 0.15) is 73.6 Å². The first-order valence-electron chi connectivity index (χ1n) is 8.52. The Morgan fingerprint density at radius 3 is 1.57 bits per heavy atom. The second-order valence-electron chi connectivity index (χ2n) is 8.54. The van der Waals surface area contributed by atoms with Crippen LogP contribution in [-0.4, -0.2) is 43.3 Å². The molecule has 1 radical (unpaired) electrons. The second-order valence-corrected chi connectivity index (χ2v) is 8.54.